The second-order valence-electron chi connectivity index (χ2n) is 9.51. The van der Waals surface area contributed by atoms with Crippen LogP contribution in [0, 0.1) is 5.41 Å². The van der Waals surface area contributed by atoms with Crippen molar-refractivity contribution >= 4 is 61.7 Å². The van der Waals surface area contributed by atoms with E-state index in [0.717, 1.165) is 33.8 Å². The highest BCUT2D eigenvalue weighted by Gasteiger charge is 2.35. The average Bonchev–Trinajstić information content (AvgIpc) is 3.63. The first kappa shape index (κ1) is 25.5. The Kier molecular flexibility index (Phi) is 6.88. The lowest BCUT2D eigenvalue weighted by Crippen LogP contribution is -2.22. The van der Waals surface area contributed by atoms with Gasteiger partial charge in [-0.1, -0.05) is 72.4 Å². The molecule has 0 fully saturated rings. The summed E-state index contributed by atoms with van der Waals surface area (Å²) in [6.07, 6.45) is 4.46. The van der Waals surface area contributed by atoms with Crippen molar-refractivity contribution < 1.29 is 14.3 Å². The standard InChI is InChI=1S/C31H27N5O3S/c32-31(33)40-15-7-14-36-17-23(21-11-6-13-25(28(21)36)39-18-19-8-2-1-3-9-19)27-26(29(37)35-30(27)38)22-16-34-24-12-5-4-10-20(22)24/h1-6,8-13,16-17,34H,7,14-15,18H2,(H3,32,33)(H,35,37,38). The molecule has 8 nitrogen and oxygen atoms in total. The largest absolute Gasteiger partial charge is 0.487 e. The number of nitrogens with two attached hydrogens (primary N) is 1. The zero-order valence-electron chi connectivity index (χ0n) is 21.6. The molecule has 3 heterocycles. The molecule has 1 aliphatic heterocycles. The molecule has 0 unspecified atom stereocenters. The predicted molar refractivity (Wildman–Crippen MR) is 160 cm³/mol. The first-order chi connectivity index (χ1) is 19.5. The minimum atomic E-state index is -0.424. The van der Waals surface area contributed by atoms with E-state index in [0.29, 0.717) is 46.9 Å². The van der Waals surface area contributed by atoms with Crippen LogP contribution in [0.3, 0.4) is 0 Å². The zero-order valence-corrected chi connectivity index (χ0v) is 22.4. The smallest absolute Gasteiger partial charge is 0.259 e. The number of aryl methyl sites for hydroxylation is 1. The number of thioether (sulfide) groups is 1. The Bertz CT molecular complexity index is 1800. The maximum absolute atomic E-state index is 13.3. The van der Waals surface area contributed by atoms with E-state index in [9.17, 15) is 9.59 Å². The Morgan fingerprint density at radius 1 is 0.900 bits per heavy atom. The molecule has 0 saturated carbocycles. The highest BCUT2D eigenvalue weighted by molar-refractivity contribution is 8.13. The topological polar surface area (TPSA) is 126 Å². The van der Waals surface area contributed by atoms with Crippen LogP contribution in [0.25, 0.3) is 33.0 Å². The minimum Gasteiger partial charge on any atom is -0.487 e. The molecular formula is C31H27N5O3S. The molecule has 9 heteroatoms. The molecule has 0 radical (unpaired) electrons. The van der Waals surface area contributed by atoms with Gasteiger partial charge in [-0.25, -0.2) is 0 Å². The number of ether oxygens (including phenoxy) is 1. The van der Waals surface area contributed by atoms with E-state index in [1.165, 1.54) is 11.8 Å². The zero-order chi connectivity index (χ0) is 27.6. The summed E-state index contributed by atoms with van der Waals surface area (Å²) in [5.74, 6) is 0.525. The molecule has 200 valence electrons. The number of benzene rings is 3. The fourth-order valence-corrected chi connectivity index (χ4v) is 5.71. The number of amides is 2. The van der Waals surface area contributed by atoms with Gasteiger partial charge < -0.3 is 20.0 Å². The van der Waals surface area contributed by atoms with Crippen LogP contribution in [0.15, 0.2) is 85.2 Å². The summed E-state index contributed by atoms with van der Waals surface area (Å²) in [5, 5.41) is 11.8. The number of hydrogen-bond acceptors (Lipinski definition) is 5. The van der Waals surface area contributed by atoms with Crippen molar-refractivity contribution in [1.29, 1.82) is 5.41 Å². The molecule has 5 aromatic rings. The third-order valence-corrected chi connectivity index (χ3v) is 7.76. The van der Waals surface area contributed by atoms with Gasteiger partial charge in [0.15, 0.2) is 5.17 Å². The molecule has 6 rings (SSSR count). The van der Waals surface area contributed by atoms with Gasteiger partial charge in [0.2, 0.25) is 0 Å². The molecule has 3 aromatic carbocycles. The average molecular weight is 550 g/mol. The first-order valence-electron chi connectivity index (χ1n) is 12.9. The number of carbonyl (C=O) groups excluding carboxylic acids is 2. The predicted octanol–water partition coefficient (Wildman–Crippen LogP) is 5.29. The van der Waals surface area contributed by atoms with E-state index in [-0.39, 0.29) is 5.17 Å². The Morgan fingerprint density at radius 2 is 1.62 bits per heavy atom. The number of nitrogens with one attached hydrogen (secondary N) is 3. The van der Waals surface area contributed by atoms with Gasteiger partial charge >= 0.3 is 0 Å². The Labute approximate surface area is 234 Å². The highest BCUT2D eigenvalue weighted by atomic mass is 32.2. The molecular weight excluding hydrogens is 522 g/mol. The van der Waals surface area contributed by atoms with E-state index in [1.54, 1.807) is 6.20 Å². The lowest BCUT2D eigenvalue weighted by Gasteiger charge is -2.11. The Balaban J connectivity index is 1.49. The van der Waals surface area contributed by atoms with Gasteiger partial charge in [-0.3, -0.25) is 20.3 Å². The summed E-state index contributed by atoms with van der Waals surface area (Å²) in [6.45, 7) is 1.01. The molecule has 2 amide bonds. The number of H-pyrrole nitrogens is 1. The van der Waals surface area contributed by atoms with Gasteiger partial charge in [0, 0.05) is 52.1 Å². The first-order valence-corrected chi connectivity index (χ1v) is 13.9. The number of fused-ring (bicyclic) bond motifs is 2. The number of aromatic nitrogens is 2. The van der Waals surface area contributed by atoms with Crippen molar-refractivity contribution in [2.45, 2.75) is 19.6 Å². The minimum absolute atomic E-state index is 0.0830. The molecule has 1 aliphatic rings. The third kappa shape index (κ3) is 4.76. The lowest BCUT2D eigenvalue weighted by molar-refractivity contribution is -0.122. The van der Waals surface area contributed by atoms with Crippen molar-refractivity contribution in [1.82, 2.24) is 14.9 Å². The van der Waals surface area contributed by atoms with E-state index in [4.69, 9.17) is 15.9 Å². The highest BCUT2D eigenvalue weighted by Crippen LogP contribution is 2.40. The number of carbonyl (C=O) groups is 2. The number of imide groups is 1. The number of nitrogens with zero attached hydrogens (tertiary/aromatic N) is 1. The quantitative estimate of drug-likeness (QED) is 0.0861. The molecule has 0 bridgehead atoms. The number of aromatic amines is 1. The second-order valence-corrected chi connectivity index (χ2v) is 10.6. The molecule has 5 N–H and O–H groups in total. The van der Waals surface area contributed by atoms with Crippen molar-refractivity contribution in [2.75, 3.05) is 5.75 Å². The van der Waals surface area contributed by atoms with Gasteiger partial charge in [0.05, 0.1) is 16.7 Å². The van der Waals surface area contributed by atoms with Crippen LogP contribution >= 0.6 is 11.8 Å². The maximum Gasteiger partial charge on any atom is 0.259 e. The molecule has 2 aromatic heterocycles. The maximum atomic E-state index is 13.3. The summed E-state index contributed by atoms with van der Waals surface area (Å²) in [6, 6.07) is 23.4. The van der Waals surface area contributed by atoms with Crippen LogP contribution in [0.2, 0.25) is 0 Å². The van der Waals surface area contributed by atoms with E-state index >= 15 is 0 Å². The van der Waals surface area contributed by atoms with Gasteiger partial charge in [-0.2, -0.15) is 0 Å². The van der Waals surface area contributed by atoms with E-state index < -0.39 is 11.8 Å². The molecule has 40 heavy (non-hydrogen) atoms. The fraction of sp³-hybridized carbons (Fsp3) is 0.129. The second kappa shape index (κ2) is 10.8. The number of hydrogen-bond donors (Lipinski definition) is 4. The summed E-state index contributed by atoms with van der Waals surface area (Å²) in [7, 11) is 0. The van der Waals surface area contributed by atoms with Crippen molar-refractivity contribution in [2.24, 2.45) is 5.73 Å². The van der Waals surface area contributed by atoms with E-state index in [2.05, 4.69) is 14.9 Å². The van der Waals surface area contributed by atoms with Crippen LogP contribution in [0.4, 0.5) is 0 Å². The third-order valence-electron chi connectivity index (χ3n) is 6.96. The summed E-state index contributed by atoms with van der Waals surface area (Å²) >= 11 is 1.30. The normalized spacial score (nSPS) is 13.4. The van der Waals surface area contributed by atoms with Crippen molar-refractivity contribution in [3.8, 4) is 5.75 Å². The van der Waals surface area contributed by atoms with Crippen LogP contribution < -0.4 is 15.8 Å². The van der Waals surface area contributed by atoms with Crippen molar-refractivity contribution in [3.05, 3.63) is 102 Å². The van der Waals surface area contributed by atoms with Crippen LogP contribution in [-0.2, 0) is 22.7 Å². The Morgan fingerprint density at radius 3 is 2.42 bits per heavy atom. The van der Waals surface area contributed by atoms with Crippen LogP contribution in [-0.4, -0.2) is 32.3 Å². The summed E-state index contributed by atoms with van der Waals surface area (Å²) in [5.41, 5.74) is 10.4. The van der Waals surface area contributed by atoms with Gasteiger partial charge in [0.1, 0.15) is 12.4 Å². The van der Waals surface area contributed by atoms with Crippen LogP contribution in [0.5, 0.6) is 5.75 Å². The molecule has 0 atom stereocenters. The number of amidine groups is 1. The molecule has 0 saturated heterocycles. The SMILES string of the molecule is N=C(N)SCCCn1cc(C2=C(c3c[nH]c4ccccc34)C(=O)NC2=O)c2cccc(OCc3ccccc3)c21. The molecule has 0 aliphatic carbocycles. The number of para-hydroxylation sites is 2. The van der Waals surface area contributed by atoms with Crippen molar-refractivity contribution in [3.63, 3.8) is 0 Å². The lowest BCUT2D eigenvalue weighted by atomic mass is 9.95. The van der Waals surface area contributed by atoms with Gasteiger partial charge in [-0.15, -0.1) is 0 Å². The number of rotatable bonds is 9. The van der Waals surface area contributed by atoms with Gasteiger partial charge in [-0.05, 0) is 24.1 Å². The summed E-state index contributed by atoms with van der Waals surface area (Å²) < 4.78 is 8.37. The summed E-state index contributed by atoms with van der Waals surface area (Å²) in [4.78, 5) is 29.7. The van der Waals surface area contributed by atoms with Gasteiger partial charge in [0.25, 0.3) is 11.8 Å². The Hall–Kier alpha value is -4.76. The van der Waals surface area contributed by atoms with Crippen LogP contribution in [0.1, 0.15) is 23.1 Å². The van der Waals surface area contributed by atoms with E-state index in [1.807, 2.05) is 79.0 Å². The fourth-order valence-electron chi connectivity index (χ4n) is 5.22. The molecule has 0 spiro atoms. The monoisotopic (exact) mass is 549 g/mol.